The Morgan fingerprint density at radius 1 is 1.12 bits per heavy atom. The van der Waals surface area contributed by atoms with E-state index in [-0.39, 0.29) is 11.7 Å². The molecule has 2 aliphatic rings. The van der Waals surface area contributed by atoms with Crippen LogP contribution in [0.5, 0.6) is 5.75 Å². The van der Waals surface area contributed by atoms with E-state index in [0.717, 1.165) is 55.6 Å². The number of hydrogen-bond donors (Lipinski definition) is 2. The molecule has 4 heteroatoms. The van der Waals surface area contributed by atoms with Crippen molar-refractivity contribution >= 4 is 11.5 Å². The van der Waals surface area contributed by atoms with Crippen molar-refractivity contribution < 1.29 is 9.90 Å². The van der Waals surface area contributed by atoms with Gasteiger partial charge in [-0.2, -0.15) is 0 Å². The molecule has 1 saturated heterocycles. The first-order valence-corrected chi connectivity index (χ1v) is 9.19. The van der Waals surface area contributed by atoms with E-state index in [0.29, 0.717) is 6.04 Å². The van der Waals surface area contributed by atoms with Crippen LogP contribution in [0.4, 0.5) is 0 Å². The molecule has 0 spiro atoms. The predicted molar refractivity (Wildman–Crippen MR) is 96.8 cm³/mol. The fraction of sp³-hybridized carbons (Fsp3) is 0.550. The summed E-state index contributed by atoms with van der Waals surface area (Å²) in [5.74, 6) is 0.347. The Hall–Kier alpha value is -1.81. The molecule has 2 aliphatic heterocycles. The Kier molecular flexibility index (Phi) is 5.56. The van der Waals surface area contributed by atoms with Crippen molar-refractivity contribution in [2.75, 3.05) is 19.6 Å². The van der Waals surface area contributed by atoms with Crippen LogP contribution >= 0.6 is 0 Å². The van der Waals surface area contributed by atoms with E-state index in [1.165, 1.54) is 19.3 Å². The van der Waals surface area contributed by atoms with E-state index in [1.807, 2.05) is 12.1 Å². The summed E-state index contributed by atoms with van der Waals surface area (Å²) in [5.41, 5.74) is 3.14. The van der Waals surface area contributed by atoms with Gasteiger partial charge in [-0.15, -0.1) is 0 Å². The number of amides is 1. The number of phenols is 1. The smallest absolute Gasteiger partial charge is 0.247 e. The molecular weight excluding hydrogens is 300 g/mol. The van der Waals surface area contributed by atoms with E-state index in [1.54, 1.807) is 12.1 Å². The summed E-state index contributed by atoms with van der Waals surface area (Å²) in [4.78, 5) is 15.2. The first kappa shape index (κ1) is 17.0. The lowest BCUT2D eigenvalue weighted by atomic mass is 9.92. The van der Waals surface area contributed by atoms with Gasteiger partial charge in [-0.25, -0.2) is 0 Å². The number of likely N-dealkylation sites (tertiary alicyclic amines) is 1. The molecule has 0 bridgehead atoms. The number of benzene rings is 1. The SMILES string of the molecule is CC(CC1=C(c2ccc(O)cc2)CCCNC1=O)N1CCCCC1. The van der Waals surface area contributed by atoms with Crippen molar-refractivity contribution in [3.63, 3.8) is 0 Å². The van der Waals surface area contributed by atoms with Crippen LogP contribution in [0.25, 0.3) is 5.57 Å². The predicted octanol–water partition coefficient (Wildman–Crippen LogP) is 3.32. The monoisotopic (exact) mass is 328 g/mol. The lowest BCUT2D eigenvalue weighted by Gasteiger charge is -2.33. The third kappa shape index (κ3) is 3.99. The zero-order chi connectivity index (χ0) is 16.9. The van der Waals surface area contributed by atoms with Crippen LogP contribution in [-0.4, -0.2) is 41.6 Å². The second kappa shape index (κ2) is 7.84. The van der Waals surface area contributed by atoms with Crippen LogP contribution in [0.2, 0.25) is 0 Å². The number of hydrogen-bond acceptors (Lipinski definition) is 3. The van der Waals surface area contributed by atoms with Crippen molar-refractivity contribution in [2.45, 2.75) is 51.5 Å². The first-order valence-electron chi connectivity index (χ1n) is 9.19. The van der Waals surface area contributed by atoms with Gasteiger partial charge in [0, 0.05) is 18.2 Å². The summed E-state index contributed by atoms with van der Waals surface area (Å²) in [6, 6.07) is 7.65. The fourth-order valence-electron chi connectivity index (χ4n) is 3.84. The summed E-state index contributed by atoms with van der Waals surface area (Å²) >= 11 is 0. The third-order valence-electron chi connectivity index (χ3n) is 5.26. The van der Waals surface area contributed by atoms with Gasteiger partial charge in [0.1, 0.15) is 5.75 Å². The highest BCUT2D eigenvalue weighted by molar-refractivity contribution is 6.01. The second-order valence-corrected chi connectivity index (χ2v) is 7.01. The van der Waals surface area contributed by atoms with Crippen molar-refractivity contribution in [2.24, 2.45) is 0 Å². The Morgan fingerprint density at radius 3 is 2.54 bits per heavy atom. The Balaban J connectivity index is 1.87. The third-order valence-corrected chi connectivity index (χ3v) is 5.26. The fourth-order valence-corrected chi connectivity index (χ4v) is 3.84. The number of nitrogens with one attached hydrogen (secondary N) is 1. The molecule has 0 aromatic heterocycles. The molecule has 1 unspecified atom stereocenters. The number of allylic oxidation sites excluding steroid dienone is 1. The summed E-state index contributed by atoms with van der Waals surface area (Å²) in [6.07, 6.45) is 6.52. The van der Waals surface area contributed by atoms with Gasteiger partial charge in [0.2, 0.25) is 5.91 Å². The molecule has 24 heavy (non-hydrogen) atoms. The maximum absolute atomic E-state index is 12.6. The van der Waals surface area contributed by atoms with Crippen molar-refractivity contribution in [3.05, 3.63) is 35.4 Å². The molecule has 4 nitrogen and oxygen atoms in total. The van der Waals surface area contributed by atoms with E-state index >= 15 is 0 Å². The first-order chi connectivity index (χ1) is 11.6. The molecule has 0 saturated carbocycles. The average molecular weight is 328 g/mol. The van der Waals surface area contributed by atoms with Gasteiger partial charge in [0.05, 0.1) is 0 Å². The molecule has 2 heterocycles. The highest BCUT2D eigenvalue weighted by atomic mass is 16.3. The normalized spacial score (nSPS) is 21.3. The van der Waals surface area contributed by atoms with Crippen molar-refractivity contribution in [1.29, 1.82) is 0 Å². The van der Waals surface area contributed by atoms with E-state index in [9.17, 15) is 9.90 Å². The summed E-state index contributed by atoms with van der Waals surface area (Å²) in [6.45, 7) is 5.27. The molecule has 1 aromatic carbocycles. The van der Waals surface area contributed by atoms with Crippen LogP contribution in [-0.2, 0) is 4.79 Å². The minimum Gasteiger partial charge on any atom is -0.508 e. The zero-order valence-corrected chi connectivity index (χ0v) is 14.6. The van der Waals surface area contributed by atoms with Crippen LogP contribution in [0.1, 0.15) is 51.0 Å². The maximum atomic E-state index is 12.6. The van der Waals surface area contributed by atoms with Crippen molar-refractivity contribution in [3.8, 4) is 5.75 Å². The van der Waals surface area contributed by atoms with Crippen LogP contribution in [0, 0.1) is 0 Å². The average Bonchev–Trinajstić information content (AvgIpc) is 2.79. The topological polar surface area (TPSA) is 52.6 Å². The van der Waals surface area contributed by atoms with Crippen LogP contribution in [0.3, 0.4) is 0 Å². The van der Waals surface area contributed by atoms with E-state index < -0.39 is 0 Å². The Morgan fingerprint density at radius 2 is 1.83 bits per heavy atom. The van der Waals surface area contributed by atoms with Gasteiger partial charge in [-0.3, -0.25) is 4.79 Å². The number of aromatic hydroxyl groups is 1. The summed E-state index contributed by atoms with van der Waals surface area (Å²) in [7, 11) is 0. The molecule has 1 fully saturated rings. The van der Waals surface area contributed by atoms with Crippen LogP contribution in [0.15, 0.2) is 29.8 Å². The molecule has 130 valence electrons. The highest BCUT2D eigenvalue weighted by Crippen LogP contribution is 2.30. The standard InChI is InChI=1S/C20H28N2O2/c1-15(22-12-3-2-4-13-22)14-19-18(6-5-11-21-20(19)24)16-7-9-17(23)10-8-16/h7-10,15,23H,2-6,11-14H2,1H3,(H,21,24). The number of piperidine rings is 1. The zero-order valence-electron chi connectivity index (χ0n) is 14.6. The summed E-state index contributed by atoms with van der Waals surface area (Å²) < 4.78 is 0. The van der Waals surface area contributed by atoms with Gasteiger partial charge in [-0.05, 0) is 75.4 Å². The molecular formula is C20H28N2O2. The Labute approximate surface area is 144 Å². The van der Waals surface area contributed by atoms with Gasteiger partial charge in [0.15, 0.2) is 0 Å². The number of carbonyl (C=O) groups is 1. The molecule has 1 aromatic rings. The van der Waals surface area contributed by atoms with E-state index in [2.05, 4.69) is 17.1 Å². The molecule has 1 amide bonds. The maximum Gasteiger partial charge on any atom is 0.247 e. The van der Waals surface area contributed by atoms with Gasteiger partial charge >= 0.3 is 0 Å². The number of nitrogens with zero attached hydrogens (tertiary/aromatic N) is 1. The minimum atomic E-state index is 0.0828. The lowest BCUT2D eigenvalue weighted by Crippen LogP contribution is -2.38. The van der Waals surface area contributed by atoms with Crippen molar-refractivity contribution in [1.82, 2.24) is 10.2 Å². The highest BCUT2D eigenvalue weighted by Gasteiger charge is 2.24. The van der Waals surface area contributed by atoms with Gasteiger partial charge in [0.25, 0.3) is 0 Å². The van der Waals surface area contributed by atoms with Gasteiger partial charge in [-0.1, -0.05) is 18.6 Å². The molecule has 3 rings (SSSR count). The second-order valence-electron chi connectivity index (χ2n) is 7.01. The van der Waals surface area contributed by atoms with Gasteiger partial charge < -0.3 is 15.3 Å². The van der Waals surface area contributed by atoms with Crippen LogP contribution < -0.4 is 5.32 Å². The molecule has 0 radical (unpaired) electrons. The largest absolute Gasteiger partial charge is 0.508 e. The Bertz CT molecular complexity index is 601. The molecule has 1 atom stereocenters. The molecule has 0 aliphatic carbocycles. The van der Waals surface area contributed by atoms with E-state index in [4.69, 9.17) is 0 Å². The summed E-state index contributed by atoms with van der Waals surface area (Å²) in [5, 5.41) is 12.6. The number of rotatable bonds is 4. The number of phenolic OH excluding ortho intramolecular Hbond substituents is 1. The number of carbonyl (C=O) groups excluding carboxylic acids is 1. The lowest BCUT2D eigenvalue weighted by molar-refractivity contribution is -0.117. The minimum absolute atomic E-state index is 0.0828. The molecule has 2 N–H and O–H groups in total. The quantitative estimate of drug-likeness (QED) is 0.891.